The lowest BCUT2D eigenvalue weighted by Gasteiger charge is -2.10. The number of fused-ring (bicyclic) bond motifs is 1. The van der Waals surface area contributed by atoms with Crippen LogP contribution < -0.4 is 11.3 Å². The topological polar surface area (TPSA) is 73.8 Å². The van der Waals surface area contributed by atoms with Crippen molar-refractivity contribution < 1.29 is 13.2 Å². The van der Waals surface area contributed by atoms with Crippen LogP contribution in [0.15, 0.2) is 35.4 Å². The number of halogens is 3. The zero-order valence-electron chi connectivity index (χ0n) is 14.8. The number of rotatable bonds is 6. The molecule has 0 aliphatic heterocycles. The number of aryl methyl sites for hydroxylation is 1. The lowest BCUT2D eigenvalue weighted by Crippen LogP contribution is -2.19. The van der Waals surface area contributed by atoms with Gasteiger partial charge in [0.2, 0.25) is 0 Å². The second-order valence-corrected chi connectivity index (χ2v) is 6.27. The Morgan fingerprint density at radius 2 is 2.04 bits per heavy atom. The number of hydrogen-bond donors (Lipinski definition) is 1. The Labute approximate surface area is 153 Å². The van der Waals surface area contributed by atoms with Gasteiger partial charge in [0.25, 0.3) is 12.0 Å². The molecule has 2 N–H and O–H groups in total. The average molecular weight is 376 g/mol. The summed E-state index contributed by atoms with van der Waals surface area (Å²) in [6.07, 6.45) is 2.77. The minimum atomic E-state index is -2.86. The molecule has 2 heterocycles. The first-order valence-corrected chi connectivity index (χ1v) is 8.66. The first-order valence-electron chi connectivity index (χ1n) is 8.66. The van der Waals surface area contributed by atoms with E-state index in [9.17, 15) is 18.0 Å². The molecule has 3 aromatic rings. The van der Waals surface area contributed by atoms with Gasteiger partial charge in [-0.15, -0.1) is 0 Å². The van der Waals surface area contributed by atoms with Crippen LogP contribution in [0.4, 0.5) is 19.0 Å². The predicted molar refractivity (Wildman–Crippen MR) is 98.1 cm³/mol. The third kappa shape index (κ3) is 3.79. The summed E-state index contributed by atoms with van der Waals surface area (Å²) in [5, 5.41) is 0.779. The summed E-state index contributed by atoms with van der Waals surface area (Å²) in [6.45, 7) is 2.65. The number of alkyl halides is 2. The zero-order chi connectivity index (χ0) is 19.6. The Kier molecular flexibility index (Phi) is 5.43. The zero-order valence-corrected chi connectivity index (χ0v) is 14.8. The molecule has 0 bridgehead atoms. The number of pyridine rings is 1. The smallest absolute Gasteiger partial charge is 0.283 e. The van der Waals surface area contributed by atoms with E-state index in [2.05, 4.69) is 16.9 Å². The van der Waals surface area contributed by atoms with Gasteiger partial charge in [0.15, 0.2) is 5.82 Å². The SMILES string of the molecule is CCCCCn1ccc2cc(-c3cnc(C(F)F)c(N)n3)c(F)cc2c1=O. The molecule has 142 valence electrons. The van der Waals surface area contributed by atoms with Crippen molar-refractivity contribution in [3.63, 3.8) is 0 Å². The van der Waals surface area contributed by atoms with E-state index in [1.54, 1.807) is 16.8 Å². The van der Waals surface area contributed by atoms with Crippen LogP contribution in [0, 0.1) is 5.82 Å². The summed E-state index contributed by atoms with van der Waals surface area (Å²) >= 11 is 0. The van der Waals surface area contributed by atoms with Crippen LogP contribution in [-0.2, 0) is 6.54 Å². The first kappa shape index (κ1) is 18.9. The Morgan fingerprint density at radius 1 is 1.26 bits per heavy atom. The van der Waals surface area contributed by atoms with E-state index in [1.807, 2.05) is 0 Å². The maximum Gasteiger partial charge on any atom is 0.283 e. The van der Waals surface area contributed by atoms with Crippen LogP contribution in [0.5, 0.6) is 0 Å². The standard InChI is InChI=1S/C19H19F3N4O/c1-2-3-4-6-26-7-5-11-8-13(14(20)9-12(11)19(26)27)15-10-24-16(17(21)22)18(23)25-15/h5,7-10,17H,2-4,6H2,1H3,(H2,23,25). The molecule has 0 amide bonds. The Morgan fingerprint density at radius 3 is 2.70 bits per heavy atom. The van der Waals surface area contributed by atoms with Crippen molar-refractivity contribution in [1.82, 2.24) is 14.5 Å². The fraction of sp³-hybridized carbons (Fsp3) is 0.316. The summed E-state index contributed by atoms with van der Waals surface area (Å²) in [7, 11) is 0. The highest BCUT2D eigenvalue weighted by atomic mass is 19.3. The van der Waals surface area contributed by atoms with Gasteiger partial charge < -0.3 is 10.3 Å². The maximum absolute atomic E-state index is 14.6. The molecule has 0 saturated heterocycles. The molecule has 0 fully saturated rings. The first-order chi connectivity index (χ1) is 12.9. The molecular weight excluding hydrogens is 357 g/mol. The van der Waals surface area contributed by atoms with E-state index in [0.29, 0.717) is 11.9 Å². The highest BCUT2D eigenvalue weighted by molar-refractivity contribution is 5.86. The molecule has 0 radical (unpaired) electrons. The summed E-state index contributed by atoms with van der Waals surface area (Å²) in [5.41, 5.74) is 4.66. The molecule has 0 aliphatic carbocycles. The molecule has 2 aromatic heterocycles. The van der Waals surface area contributed by atoms with Crippen molar-refractivity contribution in [2.24, 2.45) is 0 Å². The average Bonchev–Trinajstić information content (AvgIpc) is 2.63. The molecule has 0 spiro atoms. The maximum atomic E-state index is 14.6. The number of nitrogens with two attached hydrogens (primary N) is 1. The van der Waals surface area contributed by atoms with Crippen molar-refractivity contribution in [3.05, 3.63) is 52.5 Å². The van der Waals surface area contributed by atoms with Crippen LogP contribution >= 0.6 is 0 Å². The normalized spacial score (nSPS) is 11.4. The fourth-order valence-corrected chi connectivity index (χ4v) is 2.92. The van der Waals surface area contributed by atoms with Gasteiger partial charge in [0.05, 0.1) is 17.3 Å². The van der Waals surface area contributed by atoms with E-state index in [4.69, 9.17) is 5.73 Å². The van der Waals surface area contributed by atoms with Crippen LogP contribution in [0.25, 0.3) is 22.0 Å². The van der Waals surface area contributed by atoms with E-state index in [1.165, 1.54) is 6.07 Å². The molecule has 5 nitrogen and oxygen atoms in total. The predicted octanol–water partition coefficient (Wildman–Crippen LogP) is 4.31. The minimum absolute atomic E-state index is 0.0309. The number of hydrogen-bond acceptors (Lipinski definition) is 4. The van der Waals surface area contributed by atoms with Gasteiger partial charge in [-0.1, -0.05) is 19.8 Å². The van der Waals surface area contributed by atoms with Crippen molar-refractivity contribution in [2.75, 3.05) is 5.73 Å². The van der Waals surface area contributed by atoms with Crippen molar-refractivity contribution >= 4 is 16.6 Å². The molecule has 3 rings (SSSR count). The van der Waals surface area contributed by atoms with E-state index < -0.39 is 23.8 Å². The molecular formula is C19H19F3N4O. The van der Waals surface area contributed by atoms with Gasteiger partial charge in [-0.3, -0.25) is 4.79 Å². The third-order valence-corrected chi connectivity index (χ3v) is 4.38. The van der Waals surface area contributed by atoms with Gasteiger partial charge in [-0.2, -0.15) is 0 Å². The Balaban J connectivity index is 2.04. The fourth-order valence-electron chi connectivity index (χ4n) is 2.92. The van der Waals surface area contributed by atoms with Crippen molar-refractivity contribution in [3.8, 4) is 11.3 Å². The van der Waals surface area contributed by atoms with Gasteiger partial charge in [-0.05, 0) is 30.0 Å². The summed E-state index contributed by atoms with van der Waals surface area (Å²) in [5.74, 6) is -1.14. The monoisotopic (exact) mass is 376 g/mol. The number of anilines is 1. The number of nitrogens with zero attached hydrogens (tertiary/aromatic N) is 3. The summed E-state index contributed by atoms with van der Waals surface area (Å²) < 4.78 is 41.7. The third-order valence-electron chi connectivity index (χ3n) is 4.38. The highest BCUT2D eigenvalue weighted by Gasteiger charge is 2.17. The number of aromatic nitrogens is 3. The molecule has 27 heavy (non-hydrogen) atoms. The quantitative estimate of drug-likeness (QED) is 0.651. The van der Waals surface area contributed by atoms with Crippen LogP contribution in [-0.4, -0.2) is 14.5 Å². The van der Waals surface area contributed by atoms with Crippen molar-refractivity contribution in [1.29, 1.82) is 0 Å². The van der Waals surface area contributed by atoms with Crippen LogP contribution in [0.1, 0.15) is 38.3 Å². The number of nitrogen functional groups attached to an aromatic ring is 1. The molecule has 0 saturated carbocycles. The van der Waals surface area contributed by atoms with Gasteiger partial charge in [-0.25, -0.2) is 23.1 Å². The molecule has 8 heteroatoms. The van der Waals surface area contributed by atoms with Gasteiger partial charge in [0, 0.05) is 18.3 Å². The molecule has 0 atom stereocenters. The minimum Gasteiger partial charge on any atom is -0.382 e. The largest absolute Gasteiger partial charge is 0.382 e. The molecule has 1 aromatic carbocycles. The van der Waals surface area contributed by atoms with E-state index in [0.717, 1.165) is 31.5 Å². The van der Waals surface area contributed by atoms with E-state index >= 15 is 0 Å². The lowest BCUT2D eigenvalue weighted by molar-refractivity contribution is 0.146. The molecule has 0 unspecified atom stereocenters. The number of benzene rings is 1. The Hall–Kier alpha value is -2.90. The number of unbranched alkanes of at least 4 members (excludes halogenated alkanes) is 2. The van der Waals surface area contributed by atoms with Crippen molar-refractivity contribution in [2.45, 2.75) is 39.2 Å². The lowest BCUT2D eigenvalue weighted by atomic mass is 10.1. The molecule has 0 aliphatic rings. The van der Waals surface area contributed by atoms with Gasteiger partial charge in [0.1, 0.15) is 11.5 Å². The van der Waals surface area contributed by atoms with Crippen LogP contribution in [0.3, 0.4) is 0 Å². The van der Waals surface area contributed by atoms with Gasteiger partial charge >= 0.3 is 0 Å². The summed E-state index contributed by atoms with van der Waals surface area (Å²) in [6, 6.07) is 4.31. The van der Waals surface area contributed by atoms with E-state index in [-0.39, 0.29) is 22.2 Å². The van der Waals surface area contributed by atoms with Crippen LogP contribution in [0.2, 0.25) is 0 Å². The summed E-state index contributed by atoms with van der Waals surface area (Å²) in [4.78, 5) is 20.0. The highest BCUT2D eigenvalue weighted by Crippen LogP contribution is 2.28. The second-order valence-electron chi connectivity index (χ2n) is 6.27. The second kappa shape index (κ2) is 7.77. The Bertz CT molecular complexity index is 1030.